The lowest BCUT2D eigenvalue weighted by Crippen LogP contribution is -1.73. The summed E-state index contributed by atoms with van der Waals surface area (Å²) in [6, 6.07) is 0. The van der Waals surface area contributed by atoms with E-state index < -0.39 is 0 Å². The normalized spacial score (nSPS) is 11.9. The average molecular weight is 121 g/mol. The van der Waals surface area contributed by atoms with Crippen molar-refractivity contribution in [2.75, 3.05) is 0 Å². The second-order valence-electron chi connectivity index (χ2n) is 1.54. The molecule has 0 spiro atoms. The van der Waals surface area contributed by atoms with Crippen molar-refractivity contribution in [3.05, 3.63) is 36.5 Å². The Hall–Kier alpha value is -1.11. The van der Waals surface area contributed by atoms with E-state index in [0.717, 1.165) is 5.57 Å². The highest BCUT2D eigenvalue weighted by Crippen LogP contribution is 1.89. The molecule has 0 heterocycles. The van der Waals surface area contributed by atoms with Crippen molar-refractivity contribution < 1.29 is 0 Å². The number of hydrogen-bond donors (Lipinski definition) is 1. The van der Waals surface area contributed by atoms with E-state index in [-0.39, 0.29) is 0 Å². The Morgan fingerprint density at radius 2 is 2.22 bits per heavy atom. The Morgan fingerprint density at radius 1 is 1.56 bits per heavy atom. The summed E-state index contributed by atoms with van der Waals surface area (Å²) in [6.45, 7) is 5.46. The van der Waals surface area contributed by atoms with Crippen LogP contribution in [0.4, 0.5) is 0 Å². The molecule has 0 aliphatic rings. The summed E-state index contributed by atoms with van der Waals surface area (Å²) in [6.07, 6.45) is 8.54. The summed E-state index contributed by atoms with van der Waals surface area (Å²) in [7, 11) is 0. The molecular formula is C8H11N. The molecule has 0 aromatic rings. The first-order valence-corrected chi connectivity index (χ1v) is 2.81. The Bertz CT molecular complexity index is 142. The van der Waals surface area contributed by atoms with E-state index >= 15 is 0 Å². The molecule has 0 unspecified atom stereocenters. The topological polar surface area (TPSA) is 23.9 Å². The van der Waals surface area contributed by atoms with E-state index in [1.807, 2.05) is 25.2 Å². The van der Waals surface area contributed by atoms with E-state index in [1.54, 1.807) is 6.08 Å². The van der Waals surface area contributed by atoms with Gasteiger partial charge in [-0.1, -0.05) is 30.9 Å². The molecule has 0 atom stereocenters. The molecule has 1 heteroatoms. The molecule has 1 N–H and O–H groups in total. The zero-order valence-corrected chi connectivity index (χ0v) is 5.59. The third-order valence-corrected chi connectivity index (χ3v) is 0.883. The van der Waals surface area contributed by atoms with E-state index in [4.69, 9.17) is 5.41 Å². The molecule has 48 valence electrons. The van der Waals surface area contributed by atoms with Gasteiger partial charge in [-0.25, -0.2) is 0 Å². The first-order chi connectivity index (χ1) is 4.35. The minimum Gasteiger partial charge on any atom is -0.308 e. The zero-order chi connectivity index (χ0) is 7.11. The zero-order valence-electron chi connectivity index (χ0n) is 5.59. The molecule has 0 aliphatic carbocycles. The summed E-state index contributed by atoms with van der Waals surface area (Å²) in [5.74, 6) is 0. The molecule has 1 nitrogen and oxygen atoms in total. The van der Waals surface area contributed by atoms with Gasteiger partial charge in [0.15, 0.2) is 0 Å². The predicted octanol–water partition coefficient (Wildman–Crippen LogP) is 2.32. The lowest BCUT2D eigenvalue weighted by atomic mass is 10.2. The minimum absolute atomic E-state index is 0.827. The quantitative estimate of drug-likeness (QED) is 0.437. The fourth-order valence-corrected chi connectivity index (χ4v) is 0.382. The molecular weight excluding hydrogens is 110 g/mol. The van der Waals surface area contributed by atoms with Crippen molar-refractivity contribution in [3.8, 4) is 0 Å². The first-order valence-electron chi connectivity index (χ1n) is 2.81. The van der Waals surface area contributed by atoms with Crippen molar-refractivity contribution in [1.29, 1.82) is 5.41 Å². The van der Waals surface area contributed by atoms with Crippen LogP contribution in [-0.2, 0) is 0 Å². The standard InChI is InChI=1S/C8H11N/c1-3-5-6-8(4-2)7-9/h3-7,9H,2H2,1H3/b5-3-,8-6+,9-7?. The number of nitrogens with one attached hydrogen (secondary N) is 1. The Labute approximate surface area is 55.9 Å². The summed E-state index contributed by atoms with van der Waals surface area (Å²) in [4.78, 5) is 0. The van der Waals surface area contributed by atoms with E-state index in [9.17, 15) is 0 Å². The van der Waals surface area contributed by atoms with Crippen LogP contribution in [0.3, 0.4) is 0 Å². The molecule has 9 heavy (non-hydrogen) atoms. The molecule has 0 aromatic heterocycles. The van der Waals surface area contributed by atoms with Crippen LogP contribution in [0.15, 0.2) is 36.5 Å². The van der Waals surface area contributed by atoms with E-state index in [0.29, 0.717) is 0 Å². The van der Waals surface area contributed by atoms with Crippen LogP contribution in [0.5, 0.6) is 0 Å². The van der Waals surface area contributed by atoms with Gasteiger partial charge in [-0.15, -0.1) is 0 Å². The van der Waals surface area contributed by atoms with Crippen LogP contribution in [-0.4, -0.2) is 6.21 Å². The van der Waals surface area contributed by atoms with Crippen molar-refractivity contribution in [1.82, 2.24) is 0 Å². The van der Waals surface area contributed by atoms with Gasteiger partial charge in [-0.2, -0.15) is 0 Å². The van der Waals surface area contributed by atoms with Crippen molar-refractivity contribution in [2.24, 2.45) is 0 Å². The van der Waals surface area contributed by atoms with Crippen LogP contribution in [0.2, 0.25) is 0 Å². The molecule has 0 saturated carbocycles. The lowest BCUT2D eigenvalue weighted by molar-refractivity contribution is 1.55. The molecule has 0 rings (SSSR count). The van der Waals surface area contributed by atoms with Gasteiger partial charge in [0.2, 0.25) is 0 Å². The highest BCUT2D eigenvalue weighted by atomic mass is 14.3. The third kappa shape index (κ3) is 3.47. The van der Waals surface area contributed by atoms with Crippen molar-refractivity contribution in [2.45, 2.75) is 6.92 Å². The van der Waals surface area contributed by atoms with Crippen LogP contribution < -0.4 is 0 Å². The summed E-state index contributed by atoms with van der Waals surface area (Å²) in [5.41, 5.74) is 0.827. The minimum atomic E-state index is 0.827. The summed E-state index contributed by atoms with van der Waals surface area (Å²) in [5, 5.41) is 6.84. The summed E-state index contributed by atoms with van der Waals surface area (Å²) >= 11 is 0. The van der Waals surface area contributed by atoms with Crippen molar-refractivity contribution >= 4 is 6.21 Å². The first kappa shape index (κ1) is 7.89. The average Bonchev–Trinajstić information content (AvgIpc) is 1.91. The lowest BCUT2D eigenvalue weighted by Gasteiger charge is -1.83. The fourth-order valence-electron chi connectivity index (χ4n) is 0.382. The van der Waals surface area contributed by atoms with Crippen LogP contribution in [0, 0.1) is 5.41 Å². The molecule has 0 amide bonds. The fraction of sp³-hybridized carbons (Fsp3) is 0.125. The highest BCUT2D eigenvalue weighted by molar-refractivity contribution is 5.79. The molecule has 0 aliphatic heterocycles. The van der Waals surface area contributed by atoms with E-state index in [1.165, 1.54) is 6.21 Å². The Balaban J connectivity index is 4.06. The monoisotopic (exact) mass is 121 g/mol. The van der Waals surface area contributed by atoms with Crippen LogP contribution >= 0.6 is 0 Å². The van der Waals surface area contributed by atoms with Crippen LogP contribution in [0.25, 0.3) is 0 Å². The number of rotatable bonds is 3. The van der Waals surface area contributed by atoms with Gasteiger partial charge in [0, 0.05) is 6.21 Å². The smallest absolute Gasteiger partial charge is 0.0250 e. The van der Waals surface area contributed by atoms with Gasteiger partial charge < -0.3 is 5.41 Å². The van der Waals surface area contributed by atoms with Gasteiger partial charge in [0.25, 0.3) is 0 Å². The third-order valence-electron chi connectivity index (χ3n) is 0.883. The van der Waals surface area contributed by atoms with E-state index in [2.05, 4.69) is 6.58 Å². The van der Waals surface area contributed by atoms with Gasteiger partial charge in [0.05, 0.1) is 0 Å². The molecule has 0 aromatic carbocycles. The largest absolute Gasteiger partial charge is 0.308 e. The second kappa shape index (κ2) is 5.04. The molecule has 0 saturated heterocycles. The van der Waals surface area contributed by atoms with Gasteiger partial charge in [-0.3, -0.25) is 0 Å². The molecule has 0 radical (unpaired) electrons. The Kier molecular flexibility index (Phi) is 4.41. The molecule has 0 bridgehead atoms. The maximum atomic E-state index is 6.84. The number of hydrogen-bond acceptors (Lipinski definition) is 1. The maximum Gasteiger partial charge on any atom is 0.0250 e. The van der Waals surface area contributed by atoms with Gasteiger partial charge in [-0.05, 0) is 12.5 Å². The molecule has 0 fully saturated rings. The Morgan fingerprint density at radius 3 is 2.56 bits per heavy atom. The highest BCUT2D eigenvalue weighted by Gasteiger charge is 1.76. The van der Waals surface area contributed by atoms with Crippen LogP contribution in [0.1, 0.15) is 6.92 Å². The van der Waals surface area contributed by atoms with Gasteiger partial charge in [0.1, 0.15) is 0 Å². The predicted molar refractivity (Wildman–Crippen MR) is 41.9 cm³/mol. The number of allylic oxidation sites excluding steroid dienone is 5. The maximum absolute atomic E-state index is 6.84. The van der Waals surface area contributed by atoms with Gasteiger partial charge >= 0.3 is 0 Å². The SMILES string of the molecule is C=C/C(C=N)=C\C=C/C. The van der Waals surface area contributed by atoms with Crippen molar-refractivity contribution in [3.63, 3.8) is 0 Å². The summed E-state index contributed by atoms with van der Waals surface area (Å²) < 4.78 is 0. The second-order valence-corrected chi connectivity index (χ2v) is 1.54.